The van der Waals surface area contributed by atoms with E-state index in [9.17, 15) is 4.79 Å². The van der Waals surface area contributed by atoms with Crippen molar-refractivity contribution >= 4 is 11.7 Å². The molecular formula is C25H23NO2. The highest BCUT2D eigenvalue weighted by Crippen LogP contribution is 2.67. The van der Waals surface area contributed by atoms with E-state index in [1.165, 1.54) is 47.2 Å². The van der Waals surface area contributed by atoms with Crippen LogP contribution >= 0.6 is 0 Å². The lowest BCUT2D eigenvalue weighted by atomic mass is 9.61. The van der Waals surface area contributed by atoms with E-state index < -0.39 is 0 Å². The number of carbonyl (C=O) groups excluding carboxylic acids is 1. The molecule has 4 aliphatic carbocycles. The number of nitrogens with zero attached hydrogens (tertiary/aromatic N) is 1. The Kier molecular flexibility index (Phi) is 2.90. The van der Waals surface area contributed by atoms with Crippen LogP contribution in [0.1, 0.15) is 42.1 Å². The monoisotopic (exact) mass is 369 g/mol. The average Bonchev–Trinajstić information content (AvgIpc) is 3.43. The molecule has 0 spiro atoms. The minimum Gasteiger partial charge on any atom is -0.439 e. The predicted molar refractivity (Wildman–Crippen MR) is 106 cm³/mol. The molecule has 0 N–H and O–H groups in total. The van der Waals surface area contributed by atoms with Crippen LogP contribution in [0.3, 0.4) is 0 Å². The van der Waals surface area contributed by atoms with Crippen molar-refractivity contribution in [2.24, 2.45) is 23.7 Å². The van der Waals surface area contributed by atoms with Gasteiger partial charge in [0.25, 0.3) is 0 Å². The molecule has 28 heavy (non-hydrogen) atoms. The van der Waals surface area contributed by atoms with Crippen LogP contribution in [-0.4, -0.2) is 17.0 Å². The number of ether oxygens (including phenoxy) is 1. The molecule has 3 nitrogen and oxygen atoms in total. The smallest absolute Gasteiger partial charge is 0.415 e. The third kappa shape index (κ3) is 1.78. The Balaban J connectivity index is 1.37. The number of carbonyl (C=O) groups is 1. The van der Waals surface area contributed by atoms with Crippen LogP contribution in [0.25, 0.3) is 5.57 Å². The van der Waals surface area contributed by atoms with Gasteiger partial charge in [-0.2, -0.15) is 0 Å². The van der Waals surface area contributed by atoms with Crippen molar-refractivity contribution < 1.29 is 9.53 Å². The summed E-state index contributed by atoms with van der Waals surface area (Å²) in [7, 11) is 0. The van der Waals surface area contributed by atoms with Gasteiger partial charge >= 0.3 is 6.09 Å². The summed E-state index contributed by atoms with van der Waals surface area (Å²) in [5.41, 5.74) is 6.58. The fourth-order valence-corrected chi connectivity index (χ4v) is 7.09. The first-order valence-corrected chi connectivity index (χ1v) is 10.7. The Hall–Kier alpha value is -2.55. The predicted octanol–water partition coefficient (Wildman–Crippen LogP) is 5.19. The molecule has 7 rings (SSSR count). The molecule has 3 heteroatoms. The molecule has 0 aromatic heterocycles. The maximum absolute atomic E-state index is 13.1. The summed E-state index contributed by atoms with van der Waals surface area (Å²) >= 11 is 0. The van der Waals surface area contributed by atoms with Gasteiger partial charge in [0.05, 0.1) is 6.04 Å². The third-order valence-electron chi connectivity index (χ3n) is 8.08. The van der Waals surface area contributed by atoms with Crippen molar-refractivity contribution in [1.82, 2.24) is 4.90 Å². The van der Waals surface area contributed by atoms with E-state index in [0.717, 1.165) is 18.3 Å². The van der Waals surface area contributed by atoms with E-state index in [0.29, 0.717) is 11.8 Å². The summed E-state index contributed by atoms with van der Waals surface area (Å²) in [4.78, 5) is 15.2. The van der Waals surface area contributed by atoms with Crippen LogP contribution < -0.4 is 0 Å². The molecular weight excluding hydrogens is 346 g/mol. The molecule has 2 aromatic rings. The standard InChI is InChI=1S/C25H23NO2/c27-25-26(19-13-15-8-4-5-9-18(15)24(19)28-25)23-21(14-6-2-1-3-7-14)20-16-10-11-17(12-16)22(20)23/h1-9,16-17,19-20,22,24H,10-13H2/t16?,17?,19-,20?,22?,24+/m0/s1. The second-order valence-electron chi connectivity index (χ2n) is 9.19. The number of hydrogen-bond acceptors (Lipinski definition) is 2. The lowest BCUT2D eigenvalue weighted by Gasteiger charge is -2.48. The van der Waals surface area contributed by atoms with Crippen molar-refractivity contribution in [2.75, 3.05) is 0 Å². The fraction of sp³-hybridized carbons (Fsp3) is 0.400. The van der Waals surface area contributed by atoms with E-state index in [1.54, 1.807) is 0 Å². The molecule has 140 valence electrons. The van der Waals surface area contributed by atoms with Gasteiger partial charge in [-0.05, 0) is 65.7 Å². The van der Waals surface area contributed by atoms with Gasteiger partial charge in [-0.1, -0.05) is 54.6 Å². The molecule has 2 aromatic carbocycles. The Morgan fingerprint density at radius 2 is 1.64 bits per heavy atom. The van der Waals surface area contributed by atoms with Crippen LogP contribution in [0.15, 0.2) is 60.3 Å². The molecule has 0 radical (unpaired) electrons. The minimum absolute atomic E-state index is 0.106. The Morgan fingerprint density at radius 3 is 2.50 bits per heavy atom. The highest BCUT2D eigenvalue weighted by molar-refractivity contribution is 5.85. The van der Waals surface area contributed by atoms with E-state index in [1.807, 2.05) is 0 Å². The molecule has 4 unspecified atom stereocenters. The van der Waals surface area contributed by atoms with Gasteiger partial charge in [0, 0.05) is 11.6 Å². The molecule has 5 aliphatic rings. The highest BCUT2D eigenvalue weighted by Gasteiger charge is 2.62. The zero-order valence-electron chi connectivity index (χ0n) is 15.8. The van der Waals surface area contributed by atoms with Gasteiger partial charge in [-0.25, -0.2) is 4.79 Å². The first kappa shape index (κ1) is 15.4. The largest absolute Gasteiger partial charge is 0.439 e. The van der Waals surface area contributed by atoms with Crippen molar-refractivity contribution in [3.8, 4) is 0 Å². The zero-order valence-corrected chi connectivity index (χ0v) is 15.8. The van der Waals surface area contributed by atoms with Crippen LogP contribution in [-0.2, 0) is 11.2 Å². The highest BCUT2D eigenvalue weighted by atomic mass is 16.6. The first-order valence-electron chi connectivity index (χ1n) is 10.7. The molecule has 2 bridgehead atoms. The minimum atomic E-state index is -0.130. The summed E-state index contributed by atoms with van der Waals surface area (Å²) in [5, 5.41) is 0. The molecule has 3 fully saturated rings. The van der Waals surface area contributed by atoms with Crippen LogP contribution in [0.4, 0.5) is 4.79 Å². The van der Waals surface area contributed by atoms with Gasteiger partial charge in [0.15, 0.2) is 6.10 Å². The van der Waals surface area contributed by atoms with E-state index in [4.69, 9.17) is 4.74 Å². The second-order valence-corrected chi connectivity index (χ2v) is 9.19. The molecule has 1 aliphatic heterocycles. The van der Waals surface area contributed by atoms with Crippen molar-refractivity contribution in [1.29, 1.82) is 0 Å². The number of amides is 1. The lowest BCUT2D eigenvalue weighted by Crippen LogP contribution is -2.46. The lowest BCUT2D eigenvalue weighted by molar-refractivity contribution is 0.131. The average molecular weight is 369 g/mol. The van der Waals surface area contributed by atoms with E-state index in [-0.39, 0.29) is 18.2 Å². The van der Waals surface area contributed by atoms with Gasteiger partial charge < -0.3 is 4.74 Å². The van der Waals surface area contributed by atoms with Crippen LogP contribution in [0, 0.1) is 23.7 Å². The van der Waals surface area contributed by atoms with Crippen molar-refractivity contribution in [3.05, 3.63) is 77.0 Å². The zero-order chi connectivity index (χ0) is 18.4. The molecule has 6 atom stereocenters. The molecule has 1 amide bonds. The SMILES string of the molecule is O=C1O[C@@H]2c3ccccc3C[C@@H]2N1C1=C(c2ccccc2)C2C3CCC(C3)C12. The number of fused-ring (bicyclic) bond motifs is 8. The van der Waals surface area contributed by atoms with E-state index in [2.05, 4.69) is 59.5 Å². The van der Waals surface area contributed by atoms with Gasteiger partial charge in [-0.15, -0.1) is 0 Å². The molecule has 1 heterocycles. The van der Waals surface area contributed by atoms with Gasteiger partial charge in [0.2, 0.25) is 0 Å². The van der Waals surface area contributed by atoms with Gasteiger partial charge in [0.1, 0.15) is 0 Å². The Morgan fingerprint density at radius 1 is 0.893 bits per heavy atom. The Labute approximate surface area is 165 Å². The maximum Gasteiger partial charge on any atom is 0.415 e. The number of allylic oxidation sites excluding steroid dienone is 2. The third-order valence-corrected chi connectivity index (χ3v) is 8.08. The summed E-state index contributed by atoms with van der Waals surface area (Å²) in [6.45, 7) is 0. The summed E-state index contributed by atoms with van der Waals surface area (Å²) < 4.78 is 5.95. The molecule has 2 saturated carbocycles. The first-order chi connectivity index (χ1) is 13.8. The topological polar surface area (TPSA) is 29.5 Å². The fourth-order valence-electron chi connectivity index (χ4n) is 7.09. The number of hydrogen-bond donors (Lipinski definition) is 0. The van der Waals surface area contributed by atoms with Crippen LogP contribution in [0.2, 0.25) is 0 Å². The summed E-state index contributed by atoms with van der Waals surface area (Å²) in [6, 6.07) is 19.4. The quantitative estimate of drug-likeness (QED) is 0.729. The molecule has 1 saturated heterocycles. The van der Waals surface area contributed by atoms with Crippen LogP contribution in [0.5, 0.6) is 0 Å². The maximum atomic E-state index is 13.1. The van der Waals surface area contributed by atoms with Crippen molar-refractivity contribution in [2.45, 2.75) is 37.8 Å². The normalized spacial score (nSPS) is 36.9. The van der Waals surface area contributed by atoms with E-state index >= 15 is 0 Å². The number of benzene rings is 2. The Bertz CT molecular complexity index is 1030. The van der Waals surface area contributed by atoms with Gasteiger partial charge in [-0.3, -0.25) is 4.90 Å². The van der Waals surface area contributed by atoms with Crippen molar-refractivity contribution in [3.63, 3.8) is 0 Å². The second kappa shape index (κ2) is 5.28. The number of rotatable bonds is 2. The summed E-state index contributed by atoms with van der Waals surface area (Å²) in [5.74, 6) is 2.77. The summed E-state index contributed by atoms with van der Waals surface area (Å²) in [6.07, 6.45) is 4.70.